The highest BCUT2D eigenvalue weighted by Gasteiger charge is 2.11. The number of benzene rings is 2. The first-order valence-corrected chi connectivity index (χ1v) is 8.85. The molecule has 0 aliphatic heterocycles. The van der Waals surface area contributed by atoms with Gasteiger partial charge in [0.1, 0.15) is 11.6 Å². The number of nitrogens with zero attached hydrogens (tertiary/aromatic N) is 1. The Hall–Kier alpha value is -2.37. The summed E-state index contributed by atoms with van der Waals surface area (Å²) in [5, 5.41) is 3.46. The molecule has 0 saturated carbocycles. The summed E-state index contributed by atoms with van der Waals surface area (Å²) in [6.07, 6.45) is 0. The van der Waals surface area contributed by atoms with Gasteiger partial charge in [0.2, 0.25) is 0 Å². The second kappa shape index (κ2) is 7.68. The molecule has 0 atom stereocenters. The number of Topliss-reactive ketones (excluding diaryl/α,β-unsaturated/α-hetero) is 1. The predicted octanol–water partition coefficient (Wildman–Crippen LogP) is 5.25. The van der Waals surface area contributed by atoms with Crippen molar-refractivity contribution in [3.8, 4) is 22.1 Å². The van der Waals surface area contributed by atoms with Crippen LogP contribution < -0.4 is 9.47 Å². The summed E-state index contributed by atoms with van der Waals surface area (Å²) in [6.45, 7) is 1.82. The maximum Gasteiger partial charge on any atom is 0.161 e. The fourth-order valence-corrected chi connectivity index (χ4v) is 3.41. The molecular formula is C19H16ClNO3S. The lowest BCUT2D eigenvalue weighted by Crippen LogP contribution is -2.00. The van der Waals surface area contributed by atoms with Crippen LogP contribution in [0, 0.1) is 0 Å². The van der Waals surface area contributed by atoms with Gasteiger partial charge in [0.25, 0.3) is 0 Å². The number of thiazole rings is 1. The summed E-state index contributed by atoms with van der Waals surface area (Å²) < 4.78 is 11.1. The second-order valence-corrected chi connectivity index (χ2v) is 6.60. The molecular weight excluding hydrogens is 358 g/mol. The SMILES string of the molecule is COc1cc(C(C)=O)ccc1OCc1csc(-c2ccccc2Cl)n1. The van der Waals surface area contributed by atoms with Crippen LogP contribution in [-0.4, -0.2) is 17.9 Å². The minimum absolute atomic E-state index is 0.0197. The third-order valence-corrected chi connectivity index (χ3v) is 4.86. The quantitative estimate of drug-likeness (QED) is 0.553. The minimum atomic E-state index is -0.0197. The van der Waals surface area contributed by atoms with Gasteiger partial charge in [-0.05, 0) is 31.2 Å². The number of hydrogen-bond donors (Lipinski definition) is 0. The van der Waals surface area contributed by atoms with E-state index in [-0.39, 0.29) is 5.78 Å². The monoisotopic (exact) mass is 373 g/mol. The smallest absolute Gasteiger partial charge is 0.161 e. The number of methoxy groups -OCH3 is 1. The number of halogens is 1. The van der Waals surface area contributed by atoms with E-state index in [1.54, 1.807) is 25.3 Å². The Morgan fingerprint density at radius 3 is 2.72 bits per heavy atom. The lowest BCUT2D eigenvalue weighted by atomic mass is 10.1. The fraction of sp³-hybridized carbons (Fsp3) is 0.158. The largest absolute Gasteiger partial charge is 0.493 e. The Labute approximate surface area is 155 Å². The normalized spacial score (nSPS) is 10.5. The second-order valence-electron chi connectivity index (χ2n) is 5.33. The zero-order chi connectivity index (χ0) is 17.8. The van der Waals surface area contributed by atoms with Gasteiger partial charge in [0, 0.05) is 16.5 Å². The first-order chi connectivity index (χ1) is 12.1. The number of rotatable bonds is 6. The van der Waals surface area contributed by atoms with Crippen LogP contribution in [0.3, 0.4) is 0 Å². The van der Waals surface area contributed by atoms with Gasteiger partial charge < -0.3 is 9.47 Å². The van der Waals surface area contributed by atoms with Gasteiger partial charge in [-0.2, -0.15) is 0 Å². The van der Waals surface area contributed by atoms with E-state index in [1.165, 1.54) is 18.3 Å². The highest BCUT2D eigenvalue weighted by Crippen LogP contribution is 2.32. The van der Waals surface area contributed by atoms with Crippen LogP contribution in [0.5, 0.6) is 11.5 Å². The third kappa shape index (κ3) is 4.00. The summed E-state index contributed by atoms with van der Waals surface area (Å²) in [5.41, 5.74) is 2.29. The molecule has 2 aromatic carbocycles. The van der Waals surface area contributed by atoms with E-state index in [2.05, 4.69) is 4.98 Å². The van der Waals surface area contributed by atoms with Gasteiger partial charge in [-0.3, -0.25) is 4.79 Å². The highest BCUT2D eigenvalue weighted by atomic mass is 35.5. The van der Waals surface area contributed by atoms with Crippen molar-refractivity contribution < 1.29 is 14.3 Å². The van der Waals surface area contributed by atoms with Gasteiger partial charge in [-0.25, -0.2) is 4.98 Å². The molecule has 0 aliphatic rings. The molecule has 0 amide bonds. The molecule has 0 fully saturated rings. The number of hydrogen-bond acceptors (Lipinski definition) is 5. The molecule has 128 valence electrons. The summed E-state index contributed by atoms with van der Waals surface area (Å²) in [6, 6.07) is 12.7. The molecule has 0 bridgehead atoms. The molecule has 0 spiro atoms. The summed E-state index contributed by atoms with van der Waals surface area (Å²) in [5.74, 6) is 1.07. The third-order valence-electron chi connectivity index (χ3n) is 3.60. The molecule has 0 saturated heterocycles. The summed E-state index contributed by atoms with van der Waals surface area (Å²) in [7, 11) is 1.55. The Morgan fingerprint density at radius 2 is 2.00 bits per heavy atom. The fourth-order valence-electron chi connectivity index (χ4n) is 2.29. The van der Waals surface area contributed by atoms with Gasteiger partial charge >= 0.3 is 0 Å². The Kier molecular flexibility index (Phi) is 5.36. The molecule has 1 heterocycles. The first-order valence-electron chi connectivity index (χ1n) is 7.59. The van der Waals surface area contributed by atoms with Gasteiger partial charge in [0.05, 0.1) is 17.8 Å². The predicted molar refractivity (Wildman–Crippen MR) is 99.9 cm³/mol. The van der Waals surface area contributed by atoms with E-state index >= 15 is 0 Å². The molecule has 1 aromatic heterocycles. The van der Waals surface area contributed by atoms with Crippen molar-refractivity contribution in [2.24, 2.45) is 0 Å². The Balaban J connectivity index is 1.75. The van der Waals surface area contributed by atoms with Crippen molar-refractivity contribution in [1.82, 2.24) is 4.98 Å². The molecule has 4 nitrogen and oxygen atoms in total. The number of aromatic nitrogens is 1. The summed E-state index contributed by atoms with van der Waals surface area (Å²) >= 11 is 7.73. The van der Waals surface area contributed by atoms with Crippen LogP contribution in [0.1, 0.15) is 23.0 Å². The zero-order valence-corrected chi connectivity index (χ0v) is 15.4. The Morgan fingerprint density at radius 1 is 1.20 bits per heavy atom. The molecule has 3 aromatic rings. The van der Waals surface area contributed by atoms with E-state index in [1.807, 2.05) is 29.6 Å². The van der Waals surface area contributed by atoms with Crippen LogP contribution in [0.25, 0.3) is 10.6 Å². The molecule has 0 aliphatic carbocycles. The average Bonchev–Trinajstić information content (AvgIpc) is 3.08. The van der Waals surface area contributed by atoms with Crippen molar-refractivity contribution in [2.75, 3.05) is 7.11 Å². The average molecular weight is 374 g/mol. The lowest BCUT2D eigenvalue weighted by Gasteiger charge is -2.10. The molecule has 6 heteroatoms. The molecule has 25 heavy (non-hydrogen) atoms. The van der Waals surface area contributed by atoms with Gasteiger partial charge in [0.15, 0.2) is 17.3 Å². The standard InChI is InChI=1S/C19H16ClNO3S/c1-12(22)13-7-8-17(18(9-13)23-2)24-10-14-11-25-19(21-14)15-5-3-4-6-16(15)20/h3-9,11H,10H2,1-2H3. The highest BCUT2D eigenvalue weighted by molar-refractivity contribution is 7.13. The van der Waals surface area contributed by atoms with Gasteiger partial charge in [-0.1, -0.05) is 29.8 Å². The number of carbonyl (C=O) groups is 1. The van der Waals surface area contributed by atoms with Crippen molar-refractivity contribution in [3.05, 3.63) is 64.1 Å². The molecule has 3 rings (SSSR count). The first kappa shape index (κ1) is 17.5. The lowest BCUT2D eigenvalue weighted by molar-refractivity contribution is 0.101. The van der Waals surface area contributed by atoms with Crippen LogP contribution in [0.2, 0.25) is 5.02 Å². The number of carbonyl (C=O) groups excluding carboxylic acids is 1. The van der Waals surface area contributed by atoms with E-state index in [0.29, 0.717) is 28.7 Å². The van der Waals surface area contributed by atoms with Crippen molar-refractivity contribution in [3.63, 3.8) is 0 Å². The minimum Gasteiger partial charge on any atom is -0.493 e. The van der Waals surface area contributed by atoms with E-state index in [9.17, 15) is 4.79 Å². The van der Waals surface area contributed by atoms with Crippen LogP contribution in [-0.2, 0) is 6.61 Å². The van der Waals surface area contributed by atoms with Gasteiger partial charge in [-0.15, -0.1) is 11.3 Å². The van der Waals surface area contributed by atoms with Crippen LogP contribution in [0.4, 0.5) is 0 Å². The maximum atomic E-state index is 11.5. The number of ketones is 1. The van der Waals surface area contributed by atoms with Crippen molar-refractivity contribution in [2.45, 2.75) is 13.5 Å². The molecule has 0 N–H and O–H groups in total. The van der Waals surface area contributed by atoms with Crippen LogP contribution >= 0.6 is 22.9 Å². The van der Waals surface area contributed by atoms with E-state index in [4.69, 9.17) is 21.1 Å². The van der Waals surface area contributed by atoms with Crippen molar-refractivity contribution in [1.29, 1.82) is 0 Å². The molecule has 0 unspecified atom stereocenters. The summed E-state index contributed by atoms with van der Waals surface area (Å²) in [4.78, 5) is 16.0. The molecule has 0 radical (unpaired) electrons. The van der Waals surface area contributed by atoms with E-state index < -0.39 is 0 Å². The van der Waals surface area contributed by atoms with Crippen LogP contribution in [0.15, 0.2) is 47.8 Å². The maximum absolute atomic E-state index is 11.5. The van der Waals surface area contributed by atoms with E-state index in [0.717, 1.165) is 16.3 Å². The van der Waals surface area contributed by atoms with Crippen molar-refractivity contribution >= 4 is 28.7 Å². The topological polar surface area (TPSA) is 48.4 Å². The Bertz CT molecular complexity index is 907. The zero-order valence-electron chi connectivity index (χ0n) is 13.8. The number of ether oxygens (including phenoxy) is 2.